The van der Waals surface area contributed by atoms with E-state index in [9.17, 15) is 0 Å². The lowest BCUT2D eigenvalue weighted by Gasteiger charge is -2.14. The second-order valence-corrected chi connectivity index (χ2v) is 5.48. The number of rotatable bonds is 1. The molecule has 4 rings (SSSR count). The fourth-order valence-electron chi connectivity index (χ4n) is 3.28. The third-order valence-corrected chi connectivity index (χ3v) is 4.24. The molecular weight excluding hydrogens is 240 g/mol. The zero-order valence-electron chi connectivity index (χ0n) is 11.5. The van der Waals surface area contributed by atoms with Gasteiger partial charge in [0.1, 0.15) is 0 Å². The molecule has 0 saturated carbocycles. The van der Waals surface area contributed by atoms with E-state index in [4.69, 9.17) is 0 Å². The minimum absolute atomic E-state index is 0.500. The molecule has 0 spiro atoms. The summed E-state index contributed by atoms with van der Waals surface area (Å²) < 4.78 is 0. The van der Waals surface area contributed by atoms with Crippen LogP contribution >= 0.6 is 0 Å². The first-order chi connectivity index (χ1) is 9.84. The molecular formula is C20H16. The van der Waals surface area contributed by atoms with Gasteiger partial charge in [0.05, 0.1) is 0 Å². The van der Waals surface area contributed by atoms with E-state index in [1.54, 1.807) is 0 Å². The summed E-state index contributed by atoms with van der Waals surface area (Å²) in [6.45, 7) is 2.27. The number of hydrogen-bond donors (Lipinski definition) is 0. The maximum Gasteiger partial charge on any atom is 0.000499 e. The van der Waals surface area contributed by atoms with Crippen LogP contribution in [0.2, 0.25) is 0 Å². The molecule has 0 bridgehead atoms. The molecule has 3 aromatic carbocycles. The minimum atomic E-state index is 0.500. The summed E-state index contributed by atoms with van der Waals surface area (Å²) in [4.78, 5) is 0. The van der Waals surface area contributed by atoms with Crippen LogP contribution in [0.1, 0.15) is 24.0 Å². The highest BCUT2D eigenvalue weighted by molar-refractivity contribution is 5.98. The predicted molar refractivity (Wildman–Crippen MR) is 86.8 cm³/mol. The van der Waals surface area contributed by atoms with Crippen molar-refractivity contribution in [2.75, 3.05) is 0 Å². The van der Waals surface area contributed by atoms with E-state index >= 15 is 0 Å². The number of fused-ring (bicyclic) bond motifs is 2. The fourth-order valence-corrected chi connectivity index (χ4v) is 3.28. The third-order valence-electron chi connectivity index (χ3n) is 4.24. The molecule has 0 aromatic heterocycles. The molecule has 1 unspecified atom stereocenters. The summed E-state index contributed by atoms with van der Waals surface area (Å²) in [6, 6.07) is 21.8. The third kappa shape index (κ3) is 1.61. The molecule has 20 heavy (non-hydrogen) atoms. The Morgan fingerprint density at radius 3 is 2.45 bits per heavy atom. The lowest BCUT2D eigenvalue weighted by molar-refractivity contribution is 0.993. The first-order valence-corrected chi connectivity index (χ1v) is 7.14. The van der Waals surface area contributed by atoms with E-state index in [-0.39, 0.29) is 0 Å². The van der Waals surface area contributed by atoms with E-state index in [1.165, 1.54) is 33.0 Å². The Balaban J connectivity index is 2.05. The van der Waals surface area contributed by atoms with Crippen molar-refractivity contribution in [2.24, 2.45) is 0 Å². The van der Waals surface area contributed by atoms with Crippen LogP contribution in [-0.2, 0) is 0 Å². The van der Waals surface area contributed by atoms with Gasteiger partial charge in [-0.1, -0.05) is 79.7 Å². The summed E-state index contributed by atoms with van der Waals surface area (Å²) in [5.74, 6) is 0.500. The molecule has 1 atom stereocenters. The van der Waals surface area contributed by atoms with Crippen LogP contribution < -0.4 is 0 Å². The van der Waals surface area contributed by atoms with Gasteiger partial charge in [-0.3, -0.25) is 0 Å². The fraction of sp³-hybridized carbons (Fsp3) is 0.100. The Bertz CT molecular complexity index is 819. The lowest BCUT2D eigenvalue weighted by atomic mass is 9.89. The van der Waals surface area contributed by atoms with Crippen LogP contribution in [0.4, 0.5) is 0 Å². The molecule has 0 fully saturated rings. The van der Waals surface area contributed by atoms with Crippen LogP contribution in [-0.4, -0.2) is 0 Å². The van der Waals surface area contributed by atoms with E-state index in [2.05, 4.69) is 79.7 Å². The highest BCUT2D eigenvalue weighted by atomic mass is 14.2. The summed E-state index contributed by atoms with van der Waals surface area (Å²) in [6.07, 6.45) is 4.54. The van der Waals surface area contributed by atoms with Crippen LogP contribution in [0.25, 0.3) is 28.0 Å². The zero-order valence-corrected chi connectivity index (χ0v) is 11.5. The van der Waals surface area contributed by atoms with E-state index < -0.39 is 0 Å². The molecule has 0 nitrogen and oxygen atoms in total. The lowest BCUT2D eigenvalue weighted by Crippen LogP contribution is -1.93. The second kappa shape index (κ2) is 4.35. The molecule has 0 heteroatoms. The normalized spacial score (nSPS) is 16.6. The highest BCUT2D eigenvalue weighted by Gasteiger charge is 2.18. The second-order valence-electron chi connectivity index (χ2n) is 5.48. The molecule has 1 aliphatic rings. The summed E-state index contributed by atoms with van der Waals surface area (Å²) in [7, 11) is 0. The Hall–Kier alpha value is -2.34. The van der Waals surface area contributed by atoms with Crippen LogP contribution in [0.3, 0.4) is 0 Å². The first kappa shape index (κ1) is 11.5. The average molecular weight is 256 g/mol. The van der Waals surface area contributed by atoms with E-state index in [1.807, 2.05) is 0 Å². The SMILES string of the molecule is CC1C=Cc2cccc(-c3cccc4ccccc34)c21. The van der Waals surface area contributed by atoms with Crippen LogP contribution in [0, 0.1) is 0 Å². The Kier molecular flexibility index (Phi) is 2.50. The van der Waals surface area contributed by atoms with Crippen LogP contribution in [0.15, 0.2) is 66.7 Å². The molecule has 0 radical (unpaired) electrons. The number of hydrogen-bond acceptors (Lipinski definition) is 0. The Morgan fingerprint density at radius 2 is 1.50 bits per heavy atom. The van der Waals surface area contributed by atoms with Crippen molar-refractivity contribution in [3.05, 3.63) is 77.9 Å². The topological polar surface area (TPSA) is 0 Å². The maximum absolute atomic E-state index is 2.29. The van der Waals surface area contributed by atoms with Gasteiger partial charge in [-0.25, -0.2) is 0 Å². The quantitative estimate of drug-likeness (QED) is 0.528. The zero-order chi connectivity index (χ0) is 13.5. The largest absolute Gasteiger partial charge is 0.0766 e. The van der Waals surface area contributed by atoms with Crippen molar-refractivity contribution in [2.45, 2.75) is 12.8 Å². The number of benzene rings is 3. The summed E-state index contributed by atoms with van der Waals surface area (Å²) in [5.41, 5.74) is 5.54. The van der Waals surface area contributed by atoms with Gasteiger partial charge in [-0.15, -0.1) is 0 Å². The van der Waals surface area contributed by atoms with Crippen LogP contribution in [0.5, 0.6) is 0 Å². The predicted octanol–water partition coefficient (Wildman–Crippen LogP) is 5.64. The van der Waals surface area contributed by atoms with Crippen molar-refractivity contribution in [1.82, 2.24) is 0 Å². The van der Waals surface area contributed by atoms with Gasteiger partial charge in [0.2, 0.25) is 0 Å². The monoisotopic (exact) mass is 256 g/mol. The molecule has 0 N–H and O–H groups in total. The smallest absolute Gasteiger partial charge is 0.000499 e. The van der Waals surface area contributed by atoms with Crippen molar-refractivity contribution < 1.29 is 0 Å². The van der Waals surface area contributed by atoms with Gasteiger partial charge in [-0.05, 0) is 33.0 Å². The van der Waals surface area contributed by atoms with Gasteiger partial charge in [0.15, 0.2) is 0 Å². The molecule has 1 aliphatic carbocycles. The van der Waals surface area contributed by atoms with Crippen molar-refractivity contribution in [3.8, 4) is 11.1 Å². The molecule has 3 aromatic rings. The van der Waals surface area contributed by atoms with E-state index in [0.29, 0.717) is 5.92 Å². The van der Waals surface area contributed by atoms with E-state index in [0.717, 1.165) is 0 Å². The van der Waals surface area contributed by atoms with Crippen molar-refractivity contribution in [1.29, 1.82) is 0 Å². The first-order valence-electron chi connectivity index (χ1n) is 7.14. The van der Waals surface area contributed by atoms with Gasteiger partial charge in [0.25, 0.3) is 0 Å². The molecule has 0 heterocycles. The van der Waals surface area contributed by atoms with Gasteiger partial charge < -0.3 is 0 Å². The Labute approximate surface area is 119 Å². The standard InChI is InChI=1S/C20H16/c1-14-12-13-16-8-5-11-19(20(14)16)18-10-4-7-15-6-2-3-9-17(15)18/h2-14H,1H3. The van der Waals surface area contributed by atoms with Crippen molar-refractivity contribution in [3.63, 3.8) is 0 Å². The summed E-state index contributed by atoms with van der Waals surface area (Å²) in [5, 5.41) is 2.64. The molecule has 0 saturated heterocycles. The molecule has 0 aliphatic heterocycles. The Morgan fingerprint density at radius 1 is 0.750 bits per heavy atom. The summed E-state index contributed by atoms with van der Waals surface area (Å²) >= 11 is 0. The minimum Gasteiger partial charge on any atom is -0.0766 e. The van der Waals surface area contributed by atoms with Gasteiger partial charge in [0, 0.05) is 5.92 Å². The molecule has 0 amide bonds. The van der Waals surface area contributed by atoms with Crippen molar-refractivity contribution >= 4 is 16.8 Å². The maximum atomic E-state index is 2.29. The van der Waals surface area contributed by atoms with Gasteiger partial charge in [-0.2, -0.15) is 0 Å². The number of allylic oxidation sites excluding steroid dienone is 1. The highest BCUT2D eigenvalue weighted by Crippen LogP contribution is 2.39. The van der Waals surface area contributed by atoms with Gasteiger partial charge >= 0.3 is 0 Å². The molecule has 96 valence electrons. The average Bonchev–Trinajstić information content (AvgIpc) is 2.88.